The molecule has 0 rings (SSSR count). The van der Waals surface area contributed by atoms with Crippen LogP contribution in [0.15, 0.2) is 0 Å². The predicted octanol–water partition coefficient (Wildman–Crippen LogP) is 0.744. The number of hydrogen-bond donors (Lipinski definition) is 2. The minimum atomic E-state index is -4.46. The Kier molecular flexibility index (Phi) is 7.55. The fourth-order valence-corrected chi connectivity index (χ4v) is 1.73. The van der Waals surface area contributed by atoms with Crippen molar-refractivity contribution in [1.82, 2.24) is 10.2 Å². The molecule has 5 nitrogen and oxygen atoms in total. The van der Waals surface area contributed by atoms with Crippen LogP contribution in [-0.4, -0.2) is 49.6 Å². The second-order valence-electron chi connectivity index (χ2n) is 5.15. The molecule has 0 spiro atoms. The highest BCUT2D eigenvalue weighted by molar-refractivity contribution is 5.85. The largest absolute Gasteiger partial charge is 0.405 e. The van der Waals surface area contributed by atoms with Gasteiger partial charge in [-0.15, -0.1) is 0 Å². The summed E-state index contributed by atoms with van der Waals surface area (Å²) in [5, 5.41) is 1.72. The summed E-state index contributed by atoms with van der Waals surface area (Å²) in [4.78, 5) is 24.4. The van der Waals surface area contributed by atoms with Gasteiger partial charge in [0.15, 0.2) is 0 Å². The molecule has 118 valence electrons. The molecule has 1 unspecified atom stereocenters. The number of halogens is 3. The molecule has 3 N–H and O–H groups in total. The lowest BCUT2D eigenvalue weighted by molar-refractivity contribution is -0.143. The average molecular weight is 297 g/mol. The Bertz CT molecular complexity index is 332. The van der Waals surface area contributed by atoms with Gasteiger partial charge in [-0.2, -0.15) is 13.2 Å². The van der Waals surface area contributed by atoms with Gasteiger partial charge in [0.25, 0.3) is 0 Å². The van der Waals surface area contributed by atoms with E-state index < -0.39 is 31.1 Å². The first-order valence-electron chi connectivity index (χ1n) is 6.35. The van der Waals surface area contributed by atoms with Crippen LogP contribution in [0.2, 0.25) is 0 Å². The summed E-state index contributed by atoms with van der Waals surface area (Å²) in [6.07, 6.45) is -3.89. The maximum atomic E-state index is 12.0. The van der Waals surface area contributed by atoms with Crippen molar-refractivity contribution in [3.05, 3.63) is 0 Å². The topological polar surface area (TPSA) is 75.4 Å². The summed E-state index contributed by atoms with van der Waals surface area (Å²) in [6, 6.07) is 0. The van der Waals surface area contributed by atoms with E-state index in [1.807, 2.05) is 13.8 Å². The van der Waals surface area contributed by atoms with Gasteiger partial charge in [-0.3, -0.25) is 9.59 Å². The molecular weight excluding hydrogens is 275 g/mol. The quantitative estimate of drug-likeness (QED) is 0.728. The van der Waals surface area contributed by atoms with E-state index in [1.165, 1.54) is 7.05 Å². The zero-order valence-electron chi connectivity index (χ0n) is 12.0. The van der Waals surface area contributed by atoms with Crippen LogP contribution in [-0.2, 0) is 9.59 Å². The van der Waals surface area contributed by atoms with Crippen LogP contribution in [0.3, 0.4) is 0 Å². The first-order valence-corrected chi connectivity index (χ1v) is 6.35. The molecule has 0 saturated heterocycles. The van der Waals surface area contributed by atoms with Crippen molar-refractivity contribution < 1.29 is 22.8 Å². The number of rotatable bonds is 7. The van der Waals surface area contributed by atoms with Crippen molar-refractivity contribution in [2.45, 2.75) is 26.4 Å². The Morgan fingerprint density at radius 3 is 2.25 bits per heavy atom. The highest BCUT2D eigenvalue weighted by Crippen LogP contribution is 2.13. The van der Waals surface area contributed by atoms with Crippen molar-refractivity contribution in [2.75, 3.05) is 26.7 Å². The van der Waals surface area contributed by atoms with Crippen LogP contribution in [0.25, 0.3) is 0 Å². The third kappa shape index (κ3) is 7.98. The number of nitrogens with zero attached hydrogens (tertiary/aromatic N) is 1. The van der Waals surface area contributed by atoms with Crippen molar-refractivity contribution >= 4 is 11.8 Å². The minimum Gasteiger partial charge on any atom is -0.345 e. The number of amides is 2. The number of carbonyl (C=O) groups is 2. The summed E-state index contributed by atoms with van der Waals surface area (Å²) in [6.45, 7) is 2.20. The normalized spacial score (nSPS) is 13.2. The van der Waals surface area contributed by atoms with Gasteiger partial charge in [-0.1, -0.05) is 13.8 Å². The minimum absolute atomic E-state index is 0.144. The third-order valence-electron chi connectivity index (χ3n) is 2.63. The van der Waals surface area contributed by atoms with Crippen molar-refractivity contribution in [3.8, 4) is 0 Å². The number of carbonyl (C=O) groups excluding carboxylic acids is 2. The zero-order valence-corrected chi connectivity index (χ0v) is 12.0. The Balaban J connectivity index is 4.33. The molecule has 0 aliphatic heterocycles. The first-order chi connectivity index (χ1) is 9.06. The summed E-state index contributed by atoms with van der Waals surface area (Å²) >= 11 is 0. The van der Waals surface area contributed by atoms with Crippen LogP contribution >= 0.6 is 0 Å². The van der Waals surface area contributed by atoms with E-state index in [4.69, 9.17) is 5.73 Å². The second kappa shape index (κ2) is 8.08. The monoisotopic (exact) mass is 297 g/mol. The Morgan fingerprint density at radius 2 is 1.85 bits per heavy atom. The van der Waals surface area contributed by atoms with E-state index in [1.54, 1.807) is 5.32 Å². The number of likely N-dealkylation sites (N-methyl/N-ethyl adjacent to an activating group) is 1. The molecule has 0 aromatic carbocycles. The molecule has 0 heterocycles. The van der Waals surface area contributed by atoms with Crippen molar-refractivity contribution in [2.24, 2.45) is 17.6 Å². The van der Waals surface area contributed by atoms with E-state index in [2.05, 4.69) is 0 Å². The van der Waals surface area contributed by atoms with Crippen LogP contribution in [0.5, 0.6) is 0 Å². The molecular formula is C12H22F3N3O2. The molecule has 8 heteroatoms. The second-order valence-corrected chi connectivity index (χ2v) is 5.15. The van der Waals surface area contributed by atoms with Crippen LogP contribution in [0, 0.1) is 11.8 Å². The lowest BCUT2D eigenvalue weighted by atomic mass is 9.96. The highest BCUT2D eigenvalue weighted by Gasteiger charge is 2.28. The number of alkyl halides is 3. The van der Waals surface area contributed by atoms with Crippen LogP contribution in [0.4, 0.5) is 13.2 Å². The van der Waals surface area contributed by atoms with Gasteiger partial charge in [-0.25, -0.2) is 0 Å². The SMILES string of the molecule is CC(C)CC(CN)C(=O)N(C)CC(=O)NCC(F)(F)F. The van der Waals surface area contributed by atoms with Gasteiger partial charge in [0.2, 0.25) is 11.8 Å². The number of nitrogens with two attached hydrogens (primary N) is 1. The molecule has 0 fully saturated rings. The third-order valence-corrected chi connectivity index (χ3v) is 2.63. The van der Waals surface area contributed by atoms with E-state index in [0.717, 1.165) is 4.90 Å². The van der Waals surface area contributed by atoms with Crippen LogP contribution in [0.1, 0.15) is 20.3 Å². The van der Waals surface area contributed by atoms with E-state index >= 15 is 0 Å². The maximum absolute atomic E-state index is 12.0. The van der Waals surface area contributed by atoms with Crippen molar-refractivity contribution in [3.63, 3.8) is 0 Å². The first kappa shape index (κ1) is 18.7. The molecule has 0 radical (unpaired) electrons. The lowest BCUT2D eigenvalue weighted by Gasteiger charge is -2.23. The number of hydrogen-bond acceptors (Lipinski definition) is 3. The van der Waals surface area contributed by atoms with Gasteiger partial charge in [0.1, 0.15) is 6.54 Å². The molecule has 0 aromatic rings. The Morgan fingerprint density at radius 1 is 1.30 bits per heavy atom. The van der Waals surface area contributed by atoms with E-state index in [0.29, 0.717) is 6.42 Å². The molecule has 20 heavy (non-hydrogen) atoms. The summed E-state index contributed by atoms with van der Waals surface area (Å²) in [5.74, 6) is -1.34. The number of nitrogens with one attached hydrogen (secondary N) is 1. The molecule has 1 atom stereocenters. The molecule has 0 aliphatic rings. The van der Waals surface area contributed by atoms with Crippen molar-refractivity contribution in [1.29, 1.82) is 0 Å². The predicted molar refractivity (Wildman–Crippen MR) is 68.7 cm³/mol. The zero-order chi connectivity index (χ0) is 15.9. The van der Waals surface area contributed by atoms with Gasteiger partial charge in [-0.05, 0) is 12.3 Å². The van der Waals surface area contributed by atoms with E-state index in [-0.39, 0.29) is 18.4 Å². The van der Waals surface area contributed by atoms with Crippen LogP contribution < -0.4 is 11.1 Å². The van der Waals surface area contributed by atoms with Gasteiger partial charge in [0.05, 0.1) is 12.5 Å². The lowest BCUT2D eigenvalue weighted by Crippen LogP contribution is -2.44. The Labute approximate surface area is 116 Å². The average Bonchev–Trinajstić information content (AvgIpc) is 2.31. The van der Waals surface area contributed by atoms with Gasteiger partial charge < -0.3 is 16.0 Å². The molecule has 0 aromatic heterocycles. The highest BCUT2D eigenvalue weighted by atomic mass is 19.4. The fraction of sp³-hybridized carbons (Fsp3) is 0.833. The fourth-order valence-electron chi connectivity index (χ4n) is 1.73. The summed E-state index contributed by atoms with van der Waals surface area (Å²) in [7, 11) is 1.37. The summed E-state index contributed by atoms with van der Waals surface area (Å²) in [5.41, 5.74) is 5.51. The molecule has 0 bridgehead atoms. The molecule has 0 aliphatic carbocycles. The standard InChI is InChI=1S/C12H22F3N3O2/c1-8(2)4-9(5-16)11(20)18(3)6-10(19)17-7-12(13,14)15/h8-9H,4-7,16H2,1-3H3,(H,17,19). The summed E-state index contributed by atoms with van der Waals surface area (Å²) < 4.78 is 35.8. The van der Waals surface area contributed by atoms with E-state index in [9.17, 15) is 22.8 Å². The molecule has 2 amide bonds. The smallest absolute Gasteiger partial charge is 0.345 e. The van der Waals surface area contributed by atoms with Gasteiger partial charge >= 0.3 is 6.18 Å². The van der Waals surface area contributed by atoms with Gasteiger partial charge in [0, 0.05) is 13.6 Å². The molecule has 0 saturated carbocycles. The Hall–Kier alpha value is -1.31. The maximum Gasteiger partial charge on any atom is 0.405 e.